The van der Waals surface area contributed by atoms with Gasteiger partial charge in [-0.1, -0.05) is 30.3 Å². The van der Waals surface area contributed by atoms with Crippen molar-refractivity contribution in [1.29, 1.82) is 5.26 Å². The Labute approximate surface area is 143 Å². The molecular formula is C18H21N3O2S. The molecule has 0 saturated carbocycles. The third kappa shape index (κ3) is 4.20. The summed E-state index contributed by atoms with van der Waals surface area (Å²) in [5.41, 5.74) is 7.80. The van der Waals surface area contributed by atoms with Crippen molar-refractivity contribution in [3.63, 3.8) is 0 Å². The van der Waals surface area contributed by atoms with E-state index in [0.29, 0.717) is 24.1 Å². The van der Waals surface area contributed by atoms with E-state index in [4.69, 9.17) is 11.0 Å². The molecule has 0 aliphatic carbocycles. The highest BCUT2D eigenvalue weighted by molar-refractivity contribution is 7.89. The molecule has 2 N–H and O–H groups in total. The Hall–Kier alpha value is -2.20. The third-order valence-corrected chi connectivity index (χ3v) is 5.72. The van der Waals surface area contributed by atoms with Gasteiger partial charge in [0.05, 0.1) is 16.5 Å². The fraction of sp³-hybridized carbons (Fsp3) is 0.278. The van der Waals surface area contributed by atoms with Crippen LogP contribution >= 0.6 is 0 Å². The molecule has 0 aliphatic rings. The summed E-state index contributed by atoms with van der Waals surface area (Å²) in [6, 6.07) is 16.3. The molecule has 0 aromatic heterocycles. The molecule has 24 heavy (non-hydrogen) atoms. The van der Waals surface area contributed by atoms with Crippen LogP contribution in [-0.2, 0) is 16.4 Å². The monoisotopic (exact) mass is 343 g/mol. The molecule has 0 fully saturated rings. The second-order valence-corrected chi connectivity index (χ2v) is 7.45. The molecule has 2 rings (SSSR count). The predicted octanol–water partition coefficient (Wildman–Crippen LogP) is 2.06. The lowest BCUT2D eigenvalue weighted by molar-refractivity contribution is 0.421. The zero-order valence-electron chi connectivity index (χ0n) is 13.6. The first-order chi connectivity index (χ1) is 11.5. The third-order valence-electron chi connectivity index (χ3n) is 3.83. The zero-order chi connectivity index (χ0) is 17.6. The molecule has 2 aromatic carbocycles. The van der Waals surface area contributed by atoms with Gasteiger partial charge in [-0.3, -0.25) is 0 Å². The number of nitrogens with zero attached hydrogens (tertiary/aromatic N) is 2. The Morgan fingerprint density at radius 3 is 2.42 bits per heavy atom. The van der Waals surface area contributed by atoms with E-state index < -0.39 is 10.0 Å². The van der Waals surface area contributed by atoms with E-state index in [1.165, 1.54) is 10.4 Å². The van der Waals surface area contributed by atoms with Gasteiger partial charge in [0.1, 0.15) is 0 Å². The summed E-state index contributed by atoms with van der Waals surface area (Å²) in [4.78, 5) is 0.195. The lowest BCUT2D eigenvalue weighted by atomic mass is 10.1. The average molecular weight is 343 g/mol. The van der Waals surface area contributed by atoms with Crippen LogP contribution in [0.5, 0.6) is 0 Å². The summed E-state index contributed by atoms with van der Waals surface area (Å²) in [5.74, 6) is 0. The Bertz CT molecular complexity index is 827. The number of aryl methyl sites for hydroxylation is 1. The number of sulfonamides is 1. The van der Waals surface area contributed by atoms with Crippen molar-refractivity contribution >= 4 is 10.0 Å². The first kappa shape index (κ1) is 18.1. The smallest absolute Gasteiger partial charge is 0.243 e. The average Bonchev–Trinajstić information content (AvgIpc) is 2.59. The largest absolute Gasteiger partial charge is 0.329 e. The van der Waals surface area contributed by atoms with Crippen molar-refractivity contribution in [2.24, 2.45) is 5.73 Å². The maximum absolute atomic E-state index is 12.9. The second kappa shape index (κ2) is 8.06. The fourth-order valence-electron chi connectivity index (χ4n) is 2.47. The first-order valence-electron chi connectivity index (χ1n) is 7.74. The molecule has 2 aromatic rings. The quantitative estimate of drug-likeness (QED) is 0.833. The van der Waals surface area contributed by atoms with Gasteiger partial charge in [-0.05, 0) is 42.7 Å². The van der Waals surface area contributed by atoms with E-state index >= 15 is 0 Å². The van der Waals surface area contributed by atoms with Crippen molar-refractivity contribution in [2.45, 2.75) is 18.2 Å². The van der Waals surface area contributed by atoms with E-state index in [-0.39, 0.29) is 18.0 Å². The van der Waals surface area contributed by atoms with Crippen LogP contribution in [-0.4, -0.2) is 32.4 Å². The minimum atomic E-state index is -3.64. The predicted molar refractivity (Wildman–Crippen MR) is 93.9 cm³/mol. The number of rotatable bonds is 7. The van der Waals surface area contributed by atoms with Crippen molar-refractivity contribution in [3.05, 3.63) is 65.2 Å². The lowest BCUT2D eigenvalue weighted by Crippen LogP contribution is -2.37. The number of hydrogen-bond acceptors (Lipinski definition) is 4. The van der Waals surface area contributed by atoms with Crippen LogP contribution in [0.4, 0.5) is 0 Å². The molecule has 126 valence electrons. The highest BCUT2D eigenvalue weighted by Gasteiger charge is 2.24. The van der Waals surface area contributed by atoms with Crippen molar-refractivity contribution in [3.8, 4) is 6.07 Å². The molecule has 0 heterocycles. The van der Waals surface area contributed by atoms with Gasteiger partial charge in [0.25, 0.3) is 0 Å². The number of nitriles is 1. The van der Waals surface area contributed by atoms with Gasteiger partial charge in [0, 0.05) is 19.6 Å². The maximum atomic E-state index is 12.9. The van der Waals surface area contributed by atoms with Gasteiger partial charge in [0.15, 0.2) is 0 Å². The maximum Gasteiger partial charge on any atom is 0.243 e. The van der Waals surface area contributed by atoms with Crippen LogP contribution in [0.25, 0.3) is 0 Å². The summed E-state index contributed by atoms with van der Waals surface area (Å²) in [6.45, 7) is 2.61. The normalized spacial score (nSPS) is 11.4. The van der Waals surface area contributed by atoms with Crippen molar-refractivity contribution < 1.29 is 8.42 Å². The van der Waals surface area contributed by atoms with E-state index in [0.717, 1.165) is 5.56 Å². The molecule has 0 spiro atoms. The Morgan fingerprint density at radius 2 is 1.83 bits per heavy atom. The summed E-state index contributed by atoms with van der Waals surface area (Å²) in [5, 5.41) is 8.99. The fourth-order valence-corrected chi connectivity index (χ4v) is 4.01. The van der Waals surface area contributed by atoms with Gasteiger partial charge in [-0.15, -0.1) is 0 Å². The molecule has 0 atom stereocenters. The molecule has 0 bridgehead atoms. The van der Waals surface area contributed by atoms with Crippen molar-refractivity contribution in [1.82, 2.24) is 4.31 Å². The molecular weight excluding hydrogens is 322 g/mol. The SMILES string of the molecule is Cc1cc(S(=O)(=O)N(CCN)CCc2ccccc2)ccc1C#N. The molecule has 5 nitrogen and oxygen atoms in total. The molecule has 0 amide bonds. The van der Waals surface area contributed by atoms with Crippen LogP contribution in [0.1, 0.15) is 16.7 Å². The number of nitrogens with two attached hydrogens (primary N) is 1. The Kier molecular flexibility index (Phi) is 6.10. The summed E-state index contributed by atoms with van der Waals surface area (Å²) < 4.78 is 27.2. The highest BCUT2D eigenvalue weighted by Crippen LogP contribution is 2.19. The summed E-state index contributed by atoms with van der Waals surface area (Å²) in [7, 11) is -3.64. The van der Waals surface area contributed by atoms with Gasteiger partial charge >= 0.3 is 0 Å². The molecule has 0 saturated heterocycles. The Balaban J connectivity index is 2.25. The van der Waals surface area contributed by atoms with Crippen LogP contribution in [0.2, 0.25) is 0 Å². The lowest BCUT2D eigenvalue weighted by Gasteiger charge is -2.22. The van der Waals surface area contributed by atoms with Crippen LogP contribution in [0.15, 0.2) is 53.4 Å². The van der Waals surface area contributed by atoms with E-state index in [9.17, 15) is 8.42 Å². The van der Waals surface area contributed by atoms with Gasteiger partial charge in [-0.2, -0.15) is 9.57 Å². The number of hydrogen-bond donors (Lipinski definition) is 1. The molecule has 0 aliphatic heterocycles. The van der Waals surface area contributed by atoms with E-state index in [2.05, 4.69) is 0 Å². The standard InChI is InChI=1S/C18H21N3O2S/c1-15-13-18(8-7-17(15)14-20)24(22,23)21(12-10-19)11-9-16-5-3-2-4-6-16/h2-8,13H,9-12,19H2,1H3. The zero-order valence-corrected chi connectivity index (χ0v) is 14.5. The van der Waals surface area contributed by atoms with Crippen LogP contribution in [0, 0.1) is 18.3 Å². The summed E-state index contributed by atoms with van der Waals surface area (Å²) in [6.07, 6.45) is 0.620. The number of benzene rings is 2. The molecule has 0 unspecified atom stereocenters. The van der Waals surface area contributed by atoms with E-state index in [1.807, 2.05) is 36.4 Å². The topological polar surface area (TPSA) is 87.2 Å². The van der Waals surface area contributed by atoms with Gasteiger partial charge in [-0.25, -0.2) is 8.42 Å². The van der Waals surface area contributed by atoms with Crippen molar-refractivity contribution in [2.75, 3.05) is 19.6 Å². The van der Waals surface area contributed by atoms with E-state index in [1.54, 1.807) is 19.1 Å². The molecule has 0 radical (unpaired) electrons. The first-order valence-corrected chi connectivity index (χ1v) is 9.18. The summed E-state index contributed by atoms with van der Waals surface area (Å²) >= 11 is 0. The van der Waals surface area contributed by atoms with Gasteiger partial charge < -0.3 is 5.73 Å². The van der Waals surface area contributed by atoms with Crippen LogP contribution in [0.3, 0.4) is 0 Å². The minimum Gasteiger partial charge on any atom is -0.329 e. The van der Waals surface area contributed by atoms with Crippen LogP contribution < -0.4 is 5.73 Å². The van der Waals surface area contributed by atoms with Gasteiger partial charge in [0.2, 0.25) is 10.0 Å². The highest BCUT2D eigenvalue weighted by atomic mass is 32.2. The minimum absolute atomic E-state index is 0.195. The molecule has 6 heteroatoms. The Morgan fingerprint density at radius 1 is 1.12 bits per heavy atom. The second-order valence-electron chi connectivity index (χ2n) is 5.52.